The lowest BCUT2D eigenvalue weighted by Gasteiger charge is -1.57. The van der Waals surface area contributed by atoms with Crippen molar-refractivity contribution >= 4 is 0 Å². The fraction of sp³-hybridized carbons (Fsp3) is 0.0189. The maximum atomic E-state index is 4.94. The summed E-state index contributed by atoms with van der Waals surface area (Å²) in [5, 5.41) is 0. The second kappa shape index (κ2) is 40.6. The first-order valence-corrected chi connectivity index (χ1v) is 13.3. The largest absolute Gasteiger partial charge is 0.106 e. The Hall–Kier alpha value is -11.4. The smallest absolute Gasteiger partial charge is 0 e. The third-order valence-electron chi connectivity index (χ3n) is 3.20. The molecule has 0 saturated carbocycles. The minimum atomic E-state index is 1.69. The summed E-state index contributed by atoms with van der Waals surface area (Å²) in [6, 6.07) is 0. The van der Waals surface area contributed by atoms with Gasteiger partial charge in [-0.05, 0) is 102 Å². The van der Waals surface area contributed by atoms with E-state index in [0.717, 1.165) is 0 Å². The molecule has 53 heavy (non-hydrogen) atoms. The highest BCUT2D eigenvalue weighted by molar-refractivity contribution is 5.51. The Morgan fingerprint density at radius 3 is 0.340 bits per heavy atom. The predicted molar refractivity (Wildman–Crippen MR) is 209 cm³/mol. The van der Waals surface area contributed by atoms with Gasteiger partial charge in [0.15, 0.2) is 0 Å². The SMILES string of the molecule is C#CC#CC#CC#CC#CC#CC#CC#CC#CC#CC#CC#CC#CC#CC#CC#CC#CC#CC#CC#CC#CC#CC#CC#CC#CC#CC. The van der Waals surface area contributed by atoms with Crippen molar-refractivity contribution in [2.45, 2.75) is 6.92 Å². The lowest BCUT2D eigenvalue weighted by atomic mass is 10.4. The van der Waals surface area contributed by atoms with E-state index >= 15 is 0 Å². The van der Waals surface area contributed by atoms with Gasteiger partial charge in [-0.1, -0.05) is 5.92 Å². The van der Waals surface area contributed by atoms with Crippen LogP contribution >= 0.6 is 0 Å². The molecule has 0 rings (SSSR count). The fourth-order valence-electron chi connectivity index (χ4n) is 1.57. The van der Waals surface area contributed by atoms with Crippen molar-refractivity contribution < 1.29 is 0 Å². The third-order valence-corrected chi connectivity index (χ3v) is 3.20. The second-order valence-corrected chi connectivity index (χ2v) is 6.52. The van der Waals surface area contributed by atoms with E-state index in [-0.39, 0.29) is 0 Å². The Morgan fingerprint density at radius 2 is 0.245 bits per heavy atom. The maximum absolute atomic E-state index is 4.94. The molecule has 0 aliphatic heterocycles. The standard InChI is InChI=1S/C53H4/c1-3-5-7-9-11-13-15-17-19-21-23-25-27-29-31-33-35-37-39-41-43-45-47-49-51-53-52-50-48-46-44-42-40-38-36-34-32-30-28-26-24-22-20-18-16-14-12-10-8-6-4-2/h1H,2H3. The molecule has 0 bridgehead atoms. The molecule has 0 aliphatic carbocycles. The van der Waals surface area contributed by atoms with Crippen molar-refractivity contribution in [1.82, 2.24) is 0 Å². The van der Waals surface area contributed by atoms with E-state index in [1.54, 1.807) is 6.92 Å². The van der Waals surface area contributed by atoms with Crippen LogP contribution in [0, 0.1) is 308 Å². The molecule has 216 valence electrons. The quantitative estimate of drug-likeness (QED) is 0.343. The normalized spacial score (nSPS) is 3.92. The van der Waals surface area contributed by atoms with Crippen molar-refractivity contribution in [2.75, 3.05) is 0 Å². The molecule has 0 aromatic rings. The first-order valence-electron chi connectivity index (χ1n) is 13.3. The van der Waals surface area contributed by atoms with Gasteiger partial charge in [-0.2, -0.15) is 0 Å². The van der Waals surface area contributed by atoms with E-state index in [1.807, 2.05) is 0 Å². The zero-order valence-electron chi connectivity index (χ0n) is 27.1. The molecule has 0 amide bonds. The van der Waals surface area contributed by atoms with Gasteiger partial charge in [0.2, 0.25) is 0 Å². The van der Waals surface area contributed by atoms with E-state index in [4.69, 9.17) is 6.42 Å². The Balaban J connectivity index is 4.57. The molecule has 0 aromatic heterocycles. The van der Waals surface area contributed by atoms with Crippen LogP contribution in [0.1, 0.15) is 6.92 Å². The average Bonchev–Trinajstić information content (AvgIpc) is 3.17. The zero-order chi connectivity index (χ0) is 38.1. The molecule has 0 aromatic carbocycles. The monoisotopic (exact) mass is 640 g/mol. The van der Waals surface area contributed by atoms with Crippen LogP contribution in [0.25, 0.3) is 0 Å². The van der Waals surface area contributed by atoms with Crippen LogP contribution in [0.15, 0.2) is 0 Å². The zero-order valence-corrected chi connectivity index (χ0v) is 27.1. The highest BCUT2D eigenvalue weighted by Gasteiger charge is 1.62. The molecule has 0 fully saturated rings. The molecule has 0 saturated heterocycles. The first kappa shape index (κ1) is 41.6. The van der Waals surface area contributed by atoms with Gasteiger partial charge in [-0.15, -0.1) is 6.42 Å². The van der Waals surface area contributed by atoms with Gasteiger partial charge in [0.25, 0.3) is 0 Å². The lowest BCUT2D eigenvalue weighted by molar-refractivity contribution is 1.92. The molecule has 0 radical (unpaired) electrons. The summed E-state index contributed by atoms with van der Waals surface area (Å²) in [6.45, 7) is 1.69. The van der Waals surface area contributed by atoms with E-state index in [0.29, 0.717) is 0 Å². The Labute approximate surface area is 314 Å². The van der Waals surface area contributed by atoms with Gasteiger partial charge in [-0.3, -0.25) is 0 Å². The summed E-state index contributed by atoms with van der Waals surface area (Å²) in [4.78, 5) is 0. The van der Waals surface area contributed by atoms with Crippen molar-refractivity contribution in [3.05, 3.63) is 0 Å². The van der Waals surface area contributed by atoms with E-state index in [9.17, 15) is 0 Å². The number of terminal acetylenes is 1. The molecular formula is C53H4. The van der Waals surface area contributed by atoms with Gasteiger partial charge < -0.3 is 0 Å². The number of hydrogen-bond acceptors (Lipinski definition) is 0. The highest BCUT2D eigenvalue weighted by atomic mass is 13.6. The molecule has 0 nitrogen and oxygen atoms in total. The summed E-state index contributed by atoms with van der Waals surface area (Å²) in [7, 11) is 0. The molecule has 0 N–H and O–H groups in total. The van der Waals surface area contributed by atoms with E-state index in [2.05, 4.69) is 302 Å². The Bertz CT molecular complexity index is 3260. The van der Waals surface area contributed by atoms with Crippen molar-refractivity contribution in [2.24, 2.45) is 0 Å². The van der Waals surface area contributed by atoms with Crippen LogP contribution in [0.5, 0.6) is 0 Å². The molecule has 0 aliphatic rings. The number of rotatable bonds is 0. The molecule has 0 spiro atoms. The Morgan fingerprint density at radius 1 is 0.151 bits per heavy atom. The summed E-state index contributed by atoms with van der Waals surface area (Å²) in [6.07, 6.45) is 4.94. The third kappa shape index (κ3) is 40.6. The van der Waals surface area contributed by atoms with Gasteiger partial charge in [-0.25, -0.2) is 0 Å². The van der Waals surface area contributed by atoms with Gasteiger partial charge in [0, 0.05) is 201 Å². The topological polar surface area (TPSA) is 0 Å². The van der Waals surface area contributed by atoms with Crippen LogP contribution < -0.4 is 0 Å². The average molecular weight is 641 g/mol. The summed E-state index contributed by atoms with van der Waals surface area (Å²) in [5.41, 5.74) is 0. The van der Waals surface area contributed by atoms with Crippen LogP contribution in [0.3, 0.4) is 0 Å². The van der Waals surface area contributed by atoms with Gasteiger partial charge in [0.1, 0.15) is 0 Å². The molecular weight excluding hydrogens is 637 g/mol. The van der Waals surface area contributed by atoms with Crippen LogP contribution in [0.2, 0.25) is 0 Å². The minimum absolute atomic E-state index is 1.69. The lowest BCUT2D eigenvalue weighted by Crippen LogP contribution is -1.57. The summed E-state index contributed by atoms with van der Waals surface area (Å²) < 4.78 is 0. The first-order chi connectivity index (χ1) is 26.4. The van der Waals surface area contributed by atoms with E-state index < -0.39 is 0 Å². The maximum Gasteiger partial charge on any atom is 0 e. The number of hydrogen-bond donors (Lipinski definition) is 0. The molecule has 0 unspecified atom stereocenters. The van der Waals surface area contributed by atoms with Crippen LogP contribution in [0.4, 0.5) is 0 Å². The summed E-state index contributed by atoms with van der Waals surface area (Å²) >= 11 is 0. The second-order valence-electron chi connectivity index (χ2n) is 6.52. The van der Waals surface area contributed by atoms with Crippen molar-refractivity contribution in [1.29, 1.82) is 0 Å². The van der Waals surface area contributed by atoms with E-state index in [1.165, 1.54) is 0 Å². The summed E-state index contributed by atoms with van der Waals surface area (Å²) in [5.74, 6) is 127. The Kier molecular flexibility index (Phi) is 31.8. The van der Waals surface area contributed by atoms with Gasteiger partial charge >= 0.3 is 0 Å². The molecule has 0 heteroatoms. The molecule has 0 heterocycles. The van der Waals surface area contributed by atoms with Gasteiger partial charge in [0.05, 0.1) is 0 Å². The minimum Gasteiger partial charge on any atom is -0.106 e. The van der Waals surface area contributed by atoms with Crippen LogP contribution in [-0.4, -0.2) is 0 Å². The molecule has 0 atom stereocenters. The fourth-order valence-corrected chi connectivity index (χ4v) is 1.57. The predicted octanol–water partition coefficient (Wildman–Crippen LogP) is 0.724. The highest BCUT2D eigenvalue weighted by Crippen LogP contribution is 1.62. The van der Waals surface area contributed by atoms with Crippen molar-refractivity contribution in [3.8, 4) is 308 Å². The van der Waals surface area contributed by atoms with Crippen molar-refractivity contribution in [3.63, 3.8) is 0 Å². The van der Waals surface area contributed by atoms with Crippen LogP contribution in [-0.2, 0) is 0 Å².